The summed E-state index contributed by atoms with van der Waals surface area (Å²) in [5.41, 5.74) is 7.75. The summed E-state index contributed by atoms with van der Waals surface area (Å²) < 4.78 is 11.2. The molecular weight excluding hydrogens is 370 g/mol. The van der Waals surface area contributed by atoms with Crippen molar-refractivity contribution in [2.24, 2.45) is 15.9 Å². The number of halogens is 1. The Hall–Kier alpha value is -2.18. The largest absolute Gasteiger partial charge is 0.493 e. The summed E-state index contributed by atoms with van der Waals surface area (Å²) in [5.74, 6) is 1.85. The molecule has 0 bridgehead atoms. The van der Waals surface area contributed by atoms with Gasteiger partial charge in [-0.05, 0) is 25.5 Å². The Morgan fingerprint density at radius 3 is 2.65 bits per heavy atom. The predicted octanol–water partition coefficient (Wildman–Crippen LogP) is 4.72. The highest BCUT2D eigenvalue weighted by Crippen LogP contribution is 2.34. The fourth-order valence-electron chi connectivity index (χ4n) is 2.11. The molecule has 5 nitrogen and oxygen atoms in total. The molecule has 0 aliphatic rings. The van der Waals surface area contributed by atoms with Gasteiger partial charge in [-0.15, -0.1) is 5.10 Å². The summed E-state index contributed by atoms with van der Waals surface area (Å²) in [7, 11) is 1.57. The molecule has 0 saturated carbocycles. The van der Waals surface area contributed by atoms with E-state index in [1.807, 2.05) is 44.2 Å². The van der Waals surface area contributed by atoms with E-state index in [2.05, 4.69) is 10.2 Å². The van der Waals surface area contributed by atoms with Crippen molar-refractivity contribution in [2.45, 2.75) is 25.7 Å². The molecule has 2 aromatic carbocycles. The quantitative estimate of drug-likeness (QED) is 0.421. The van der Waals surface area contributed by atoms with E-state index in [0.717, 1.165) is 5.75 Å². The topological polar surface area (TPSA) is 69.2 Å². The third-order valence-electron chi connectivity index (χ3n) is 3.20. The molecule has 2 N–H and O–H groups in total. The number of ether oxygens (including phenoxy) is 2. The van der Waals surface area contributed by atoms with Gasteiger partial charge in [-0.1, -0.05) is 53.7 Å². The monoisotopic (exact) mass is 391 g/mol. The minimum absolute atomic E-state index is 0.0211. The zero-order valence-electron chi connectivity index (χ0n) is 15.0. The molecule has 2 aromatic rings. The van der Waals surface area contributed by atoms with Crippen LogP contribution in [0.4, 0.5) is 0 Å². The molecule has 0 unspecified atom stereocenters. The van der Waals surface area contributed by atoms with E-state index in [4.69, 9.17) is 26.8 Å². The normalized spacial score (nSPS) is 12.0. The van der Waals surface area contributed by atoms with Crippen LogP contribution >= 0.6 is 23.4 Å². The highest BCUT2D eigenvalue weighted by atomic mass is 35.5. The molecule has 0 heterocycles. The Labute approximate surface area is 163 Å². The van der Waals surface area contributed by atoms with Crippen molar-refractivity contribution < 1.29 is 9.47 Å². The van der Waals surface area contributed by atoms with E-state index >= 15 is 0 Å². The molecule has 0 radical (unpaired) electrons. The summed E-state index contributed by atoms with van der Waals surface area (Å²) in [6, 6.07) is 13.5. The Morgan fingerprint density at radius 1 is 1.27 bits per heavy atom. The Balaban J connectivity index is 2.11. The van der Waals surface area contributed by atoms with Crippen LogP contribution in [0.2, 0.25) is 5.02 Å². The number of benzene rings is 2. The number of hydrogen-bond acceptors (Lipinski definition) is 5. The first-order valence-corrected chi connectivity index (χ1v) is 9.43. The third-order valence-corrected chi connectivity index (χ3v) is 4.28. The lowest BCUT2D eigenvalue weighted by Crippen LogP contribution is -2.09. The van der Waals surface area contributed by atoms with Gasteiger partial charge in [0, 0.05) is 22.4 Å². The van der Waals surface area contributed by atoms with E-state index in [0.29, 0.717) is 27.3 Å². The molecule has 0 aromatic heterocycles. The van der Waals surface area contributed by atoms with Crippen molar-refractivity contribution >= 4 is 34.7 Å². The number of rotatable bonds is 7. The molecule has 0 atom stereocenters. The maximum Gasteiger partial charge on any atom is 0.180 e. The van der Waals surface area contributed by atoms with Crippen LogP contribution < -0.4 is 15.2 Å². The van der Waals surface area contributed by atoms with Gasteiger partial charge in [0.1, 0.15) is 0 Å². The first-order chi connectivity index (χ1) is 12.5. The molecule has 0 fully saturated rings. The zero-order valence-corrected chi connectivity index (χ0v) is 16.6. The van der Waals surface area contributed by atoms with E-state index in [1.54, 1.807) is 25.5 Å². The van der Waals surface area contributed by atoms with Crippen LogP contribution in [0, 0.1) is 0 Å². The van der Waals surface area contributed by atoms with Crippen molar-refractivity contribution in [1.29, 1.82) is 0 Å². The van der Waals surface area contributed by atoms with E-state index in [9.17, 15) is 0 Å². The van der Waals surface area contributed by atoms with Gasteiger partial charge in [0.15, 0.2) is 16.7 Å². The number of nitrogens with two attached hydrogens (primary N) is 1. The summed E-state index contributed by atoms with van der Waals surface area (Å²) in [6.07, 6.45) is 1.54. The minimum Gasteiger partial charge on any atom is -0.493 e. The van der Waals surface area contributed by atoms with Crippen LogP contribution in [0.1, 0.15) is 25.0 Å². The first-order valence-electron chi connectivity index (χ1n) is 8.07. The molecule has 138 valence electrons. The van der Waals surface area contributed by atoms with Gasteiger partial charge in [0.05, 0.1) is 19.4 Å². The van der Waals surface area contributed by atoms with Gasteiger partial charge in [-0.25, -0.2) is 0 Å². The van der Waals surface area contributed by atoms with Crippen LogP contribution in [0.5, 0.6) is 11.5 Å². The van der Waals surface area contributed by atoms with Crippen LogP contribution in [0.25, 0.3) is 0 Å². The van der Waals surface area contributed by atoms with Gasteiger partial charge in [-0.3, -0.25) is 0 Å². The second-order valence-electron chi connectivity index (χ2n) is 5.65. The molecular formula is C19H22ClN3O2S. The molecule has 26 heavy (non-hydrogen) atoms. The van der Waals surface area contributed by atoms with E-state index in [1.165, 1.54) is 17.3 Å². The van der Waals surface area contributed by atoms with Crippen molar-refractivity contribution in [3.05, 3.63) is 58.6 Å². The standard InChI is InChI=1S/C19H22ClN3O2S/c1-13(2)25-18-15(9-16(20)10-17(18)24-3)11-22-23-19(21)26-12-14-7-5-4-6-8-14/h4-11,13H,12H2,1-3H3,(H2,21,23). The van der Waals surface area contributed by atoms with Gasteiger partial charge in [-0.2, -0.15) is 5.10 Å². The molecule has 7 heteroatoms. The lowest BCUT2D eigenvalue weighted by molar-refractivity contribution is 0.230. The highest BCUT2D eigenvalue weighted by Gasteiger charge is 2.13. The SMILES string of the molecule is COc1cc(Cl)cc(C=NN=C(N)SCc2ccccc2)c1OC(C)C. The fourth-order valence-corrected chi connectivity index (χ4v) is 2.94. The maximum atomic E-state index is 6.13. The van der Waals surface area contributed by atoms with Crippen molar-refractivity contribution in [1.82, 2.24) is 0 Å². The second kappa shape index (κ2) is 10.1. The summed E-state index contributed by atoms with van der Waals surface area (Å²) in [4.78, 5) is 0. The number of methoxy groups -OCH3 is 1. The Kier molecular flexibility index (Phi) is 7.81. The predicted molar refractivity (Wildman–Crippen MR) is 111 cm³/mol. The van der Waals surface area contributed by atoms with Gasteiger partial charge in [0.25, 0.3) is 0 Å². The average Bonchev–Trinajstić information content (AvgIpc) is 2.62. The average molecular weight is 392 g/mol. The molecule has 0 spiro atoms. The molecule has 0 aliphatic heterocycles. The summed E-state index contributed by atoms with van der Waals surface area (Å²) >= 11 is 7.56. The van der Waals surface area contributed by atoms with E-state index in [-0.39, 0.29) is 6.10 Å². The van der Waals surface area contributed by atoms with E-state index < -0.39 is 0 Å². The summed E-state index contributed by atoms with van der Waals surface area (Å²) in [6.45, 7) is 3.87. The Morgan fingerprint density at radius 2 is 2.00 bits per heavy atom. The van der Waals surface area contributed by atoms with Crippen LogP contribution in [-0.2, 0) is 5.75 Å². The maximum absolute atomic E-state index is 6.13. The number of hydrogen-bond donors (Lipinski definition) is 1. The highest BCUT2D eigenvalue weighted by molar-refractivity contribution is 8.13. The Bertz CT molecular complexity index is 780. The van der Waals surface area contributed by atoms with Crippen molar-refractivity contribution in [3.63, 3.8) is 0 Å². The van der Waals surface area contributed by atoms with Crippen molar-refractivity contribution in [2.75, 3.05) is 7.11 Å². The van der Waals surface area contributed by atoms with Crippen LogP contribution in [0.15, 0.2) is 52.7 Å². The summed E-state index contributed by atoms with van der Waals surface area (Å²) in [5, 5.41) is 8.99. The molecule has 0 aliphatic carbocycles. The number of nitrogens with zero attached hydrogens (tertiary/aromatic N) is 2. The van der Waals surface area contributed by atoms with Crippen LogP contribution in [-0.4, -0.2) is 24.6 Å². The van der Waals surface area contributed by atoms with Crippen molar-refractivity contribution in [3.8, 4) is 11.5 Å². The number of thioether (sulfide) groups is 1. The first kappa shape index (κ1) is 20.1. The number of amidine groups is 1. The fraction of sp³-hybridized carbons (Fsp3) is 0.263. The second-order valence-corrected chi connectivity index (χ2v) is 7.08. The molecule has 0 saturated heterocycles. The zero-order chi connectivity index (χ0) is 18.9. The molecule has 0 amide bonds. The third kappa shape index (κ3) is 6.28. The lowest BCUT2D eigenvalue weighted by Gasteiger charge is -2.16. The smallest absolute Gasteiger partial charge is 0.180 e. The lowest BCUT2D eigenvalue weighted by atomic mass is 10.2. The van der Waals surface area contributed by atoms with Gasteiger partial charge < -0.3 is 15.2 Å². The minimum atomic E-state index is -0.0211. The van der Waals surface area contributed by atoms with Gasteiger partial charge in [0.2, 0.25) is 0 Å². The van der Waals surface area contributed by atoms with Gasteiger partial charge >= 0.3 is 0 Å². The van der Waals surface area contributed by atoms with Crippen LogP contribution in [0.3, 0.4) is 0 Å². The molecule has 2 rings (SSSR count).